The smallest absolute Gasteiger partial charge is 0.249 e. The van der Waals surface area contributed by atoms with Gasteiger partial charge >= 0.3 is 0 Å². The summed E-state index contributed by atoms with van der Waals surface area (Å²) in [6.07, 6.45) is 14.8. The number of hydrogen-bond acceptors (Lipinski definition) is 7. The van der Waals surface area contributed by atoms with E-state index in [1.54, 1.807) is 48.4 Å². The maximum Gasteiger partial charge on any atom is 0.249 e. The van der Waals surface area contributed by atoms with Crippen LogP contribution in [0.25, 0.3) is 0 Å². The number of carbonyl (C=O) groups is 1. The minimum Gasteiger partial charge on any atom is -0.476 e. The first-order valence-corrected chi connectivity index (χ1v) is 8.71. The summed E-state index contributed by atoms with van der Waals surface area (Å²) < 4.78 is 5.75. The quantitative estimate of drug-likeness (QED) is 0.816. The van der Waals surface area contributed by atoms with Gasteiger partial charge in [-0.2, -0.15) is 5.10 Å². The first-order valence-electron chi connectivity index (χ1n) is 8.71. The van der Waals surface area contributed by atoms with Gasteiger partial charge in [0.2, 0.25) is 11.8 Å². The topological polar surface area (TPSA) is 93.5 Å². The minimum atomic E-state index is -0.284. The zero-order chi connectivity index (χ0) is 17.6. The first-order chi connectivity index (χ1) is 12.7. The van der Waals surface area contributed by atoms with Crippen LogP contribution in [0.3, 0.4) is 0 Å². The molecule has 1 aliphatic heterocycles. The van der Waals surface area contributed by atoms with E-state index < -0.39 is 0 Å². The third-order valence-corrected chi connectivity index (χ3v) is 5.62. The summed E-state index contributed by atoms with van der Waals surface area (Å²) in [6.45, 7) is 0.581. The molecule has 0 radical (unpaired) electrons. The molecule has 3 aliphatic carbocycles. The van der Waals surface area contributed by atoms with Crippen molar-refractivity contribution in [2.24, 2.45) is 15.9 Å². The molecule has 8 nitrogen and oxygen atoms in total. The third kappa shape index (κ3) is 2.28. The van der Waals surface area contributed by atoms with Gasteiger partial charge in [-0.1, -0.05) is 0 Å². The molecule has 0 saturated heterocycles. The number of nitrogens with zero attached hydrogens (tertiary/aromatic N) is 6. The maximum atomic E-state index is 13.1. The maximum absolute atomic E-state index is 13.1. The van der Waals surface area contributed by atoms with Crippen LogP contribution in [0.2, 0.25) is 0 Å². The van der Waals surface area contributed by atoms with E-state index in [0.29, 0.717) is 18.9 Å². The number of carbonyl (C=O) groups excluding carboxylic acids is 1. The van der Waals surface area contributed by atoms with E-state index in [1.807, 2.05) is 0 Å². The van der Waals surface area contributed by atoms with Gasteiger partial charge in [-0.05, 0) is 19.3 Å². The predicted octanol–water partition coefficient (Wildman–Crippen LogP) is 1.78. The lowest BCUT2D eigenvalue weighted by atomic mass is 9.35. The van der Waals surface area contributed by atoms with Gasteiger partial charge in [0.05, 0.1) is 30.1 Å². The Labute approximate surface area is 150 Å². The summed E-state index contributed by atoms with van der Waals surface area (Å²) in [6, 6.07) is -0.142. The molecule has 0 spiro atoms. The Balaban J connectivity index is 1.23. The van der Waals surface area contributed by atoms with Crippen LogP contribution in [-0.4, -0.2) is 43.7 Å². The van der Waals surface area contributed by atoms with Crippen molar-refractivity contribution in [2.45, 2.75) is 31.7 Å². The molecular weight excluding hydrogens is 332 g/mol. The van der Waals surface area contributed by atoms with Crippen molar-refractivity contribution < 1.29 is 9.53 Å². The lowest BCUT2D eigenvalue weighted by molar-refractivity contribution is -0.227. The Morgan fingerprint density at radius 3 is 2.58 bits per heavy atom. The van der Waals surface area contributed by atoms with E-state index in [0.717, 1.165) is 25.0 Å². The molecule has 2 aromatic rings. The summed E-state index contributed by atoms with van der Waals surface area (Å²) in [5, 5.41) is 5.93. The Morgan fingerprint density at radius 1 is 1.12 bits per heavy atom. The lowest BCUT2D eigenvalue weighted by Crippen LogP contribution is -2.69. The molecule has 3 saturated carbocycles. The number of rotatable bonds is 5. The van der Waals surface area contributed by atoms with Gasteiger partial charge in [-0.15, -0.1) is 0 Å². The van der Waals surface area contributed by atoms with Crippen molar-refractivity contribution in [2.75, 3.05) is 6.61 Å². The van der Waals surface area contributed by atoms with Crippen molar-refractivity contribution >= 4 is 12.1 Å². The van der Waals surface area contributed by atoms with Crippen molar-refractivity contribution in [3.05, 3.63) is 42.9 Å². The van der Waals surface area contributed by atoms with Gasteiger partial charge in [0, 0.05) is 42.8 Å². The minimum absolute atomic E-state index is 0.0959. The number of ether oxygens (including phenoxy) is 1. The summed E-state index contributed by atoms with van der Waals surface area (Å²) in [5.74, 6) is 0.632. The molecule has 132 valence electrons. The fourth-order valence-corrected chi connectivity index (χ4v) is 4.55. The Hall–Kier alpha value is -2.90. The van der Waals surface area contributed by atoms with Crippen LogP contribution in [0, 0.1) is 10.8 Å². The summed E-state index contributed by atoms with van der Waals surface area (Å²) in [7, 11) is 0. The molecule has 1 unspecified atom stereocenters. The molecule has 0 N–H and O–H groups in total. The molecule has 0 aromatic carbocycles. The summed E-state index contributed by atoms with van der Waals surface area (Å²) in [4.78, 5) is 29.7. The monoisotopic (exact) mass is 350 g/mol. The summed E-state index contributed by atoms with van der Waals surface area (Å²) >= 11 is 0. The van der Waals surface area contributed by atoms with E-state index in [-0.39, 0.29) is 22.8 Å². The first kappa shape index (κ1) is 15.4. The van der Waals surface area contributed by atoms with Gasteiger partial charge in [0.15, 0.2) is 0 Å². The van der Waals surface area contributed by atoms with Gasteiger partial charge in [-0.25, -0.2) is 9.99 Å². The van der Waals surface area contributed by atoms with Crippen LogP contribution in [0.15, 0.2) is 42.3 Å². The Morgan fingerprint density at radius 2 is 1.88 bits per heavy atom. The van der Waals surface area contributed by atoms with E-state index in [4.69, 9.17) is 4.74 Å². The zero-order valence-electron chi connectivity index (χ0n) is 14.2. The second-order valence-corrected chi connectivity index (χ2v) is 7.47. The van der Waals surface area contributed by atoms with E-state index in [2.05, 4.69) is 25.0 Å². The predicted molar refractivity (Wildman–Crippen MR) is 91.0 cm³/mol. The standard InChI is InChI=1S/C18H18N6O2/c25-16(24-14(1-2-23-24)13-7-19-3-5-21-13)18-9-17(10-18,11-18)12-26-15-8-20-4-6-22-15/h2-8,14H,1,9-12H2. The SMILES string of the molecule is O=C(N1N=CCC1c1cnccn1)C12CC(COc3cnccn3)(C1)C2. The number of aromatic nitrogens is 4. The number of hydrazone groups is 1. The molecule has 6 rings (SSSR count). The molecular formula is C18H18N6O2. The average Bonchev–Trinajstić information content (AvgIpc) is 3.10. The number of hydrogen-bond donors (Lipinski definition) is 0. The summed E-state index contributed by atoms with van der Waals surface area (Å²) in [5.41, 5.74) is 0.595. The van der Waals surface area contributed by atoms with Crippen LogP contribution >= 0.6 is 0 Å². The van der Waals surface area contributed by atoms with Crippen LogP contribution in [0.1, 0.15) is 37.4 Å². The van der Waals surface area contributed by atoms with E-state index in [1.165, 1.54) is 0 Å². The van der Waals surface area contributed by atoms with E-state index in [9.17, 15) is 4.79 Å². The van der Waals surface area contributed by atoms with Crippen LogP contribution in [0.4, 0.5) is 0 Å². The van der Waals surface area contributed by atoms with Crippen molar-refractivity contribution in [3.8, 4) is 5.88 Å². The van der Waals surface area contributed by atoms with Crippen LogP contribution in [0.5, 0.6) is 5.88 Å². The highest BCUT2D eigenvalue weighted by atomic mass is 16.5. The molecule has 1 amide bonds. The van der Waals surface area contributed by atoms with Gasteiger partial charge in [-0.3, -0.25) is 19.7 Å². The molecule has 2 bridgehead atoms. The zero-order valence-corrected chi connectivity index (χ0v) is 14.2. The van der Waals surface area contributed by atoms with Gasteiger partial charge in [0.1, 0.15) is 6.04 Å². The van der Waals surface area contributed by atoms with Crippen LogP contribution in [-0.2, 0) is 4.79 Å². The second-order valence-electron chi connectivity index (χ2n) is 7.47. The third-order valence-electron chi connectivity index (χ3n) is 5.62. The molecule has 3 heterocycles. The molecule has 3 fully saturated rings. The fourth-order valence-electron chi connectivity index (χ4n) is 4.55. The highest BCUT2D eigenvalue weighted by molar-refractivity contribution is 5.88. The average molecular weight is 350 g/mol. The number of amides is 1. The lowest BCUT2D eigenvalue weighted by Gasteiger charge is -2.69. The highest BCUT2D eigenvalue weighted by Crippen LogP contribution is 2.74. The highest BCUT2D eigenvalue weighted by Gasteiger charge is 2.73. The Kier molecular flexibility index (Phi) is 3.28. The normalized spacial score (nSPS) is 31.2. The van der Waals surface area contributed by atoms with Crippen LogP contribution < -0.4 is 4.74 Å². The largest absolute Gasteiger partial charge is 0.476 e. The van der Waals surface area contributed by atoms with Crippen molar-refractivity contribution in [1.82, 2.24) is 24.9 Å². The second kappa shape index (κ2) is 5.55. The molecule has 1 atom stereocenters. The van der Waals surface area contributed by atoms with Gasteiger partial charge in [0.25, 0.3) is 0 Å². The Bertz CT molecular complexity index is 837. The van der Waals surface area contributed by atoms with E-state index >= 15 is 0 Å². The molecule has 8 heteroatoms. The molecule has 4 aliphatic rings. The molecule has 26 heavy (non-hydrogen) atoms. The van der Waals surface area contributed by atoms with Gasteiger partial charge < -0.3 is 4.74 Å². The molecule has 2 aromatic heterocycles. The van der Waals surface area contributed by atoms with Crippen molar-refractivity contribution in [1.29, 1.82) is 0 Å². The van der Waals surface area contributed by atoms with Crippen molar-refractivity contribution in [3.63, 3.8) is 0 Å². The fraction of sp³-hybridized carbons (Fsp3) is 0.444.